The predicted octanol–water partition coefficient (Wildman–Crippen LogP) is 4.31. The van der Waals surface area contributed by atoms with Crippen molar-refractivity contribution in [3.05, 3.63) is 66.5 Å². The summed E-state index contributed by atoms with van der Waals surface area (Å²) in [7, 11) is 0. The number of hydrogen-bond donors (Lipinski definition) is 0. The minimum absolute atomic E-state index is 0.468. The highest BCUT2D eigenvalue weighted by atomic mass is 15.2. The fourth-order valence-corrected chi connectivity index (χ4v) is 2.52. The molecule has 0 saturated carbocycles. The Morgan fingerprint density at radius 2 is 1.71 bits per heavy atom. The van der Waals surface area contributed by atoms with Gasteiger partial charge in [-0.3, -0.25) is 0 Å². The molecule has 0 radical (unpaired) electrons. The molecule has 0 aliphatic rings. The van der Waals surface area contributed by atoms with Crippen molar-refractivity contribution >= 4 is 11.3 Å². The Morgan fingerprint density at radius 1 is 0.875 bits per heavy atom. The van der Waals surface area contributed by atoms with Gasteiger partial charge in [0.15, 0.2) is 5.65 Å². The lowest BCUT2D eigenvalue weighted by molar-refractivity contribution is 0.759. The molecular weight excluding hydrogens is 298 g/mol. The highest BCUT2D eigenvalue weighted by Gasteiger charge is 2.06. The fraction of sp³-hybridized carbons (Fsp3) is 0.316. The molecule has 0 saturated heterocycles. The van der Waals surface area contributed by atoms with E-state index in [0.29, 0.717) is 11.8 Å². The predicted molar refractivity (Wildman–Crippen MR) is 96.4 cm³/mol. The molecule has 0 aromatic carbocycles. The summed E-state index contributed by atoms with van der Waals surface area (Å²) in [5, 5.41) is 4.22. The summed E-state index contributed by atoms with van der Waals surface area (Å²) in [6, 6.07) is 8.04. The van der Waals surface area contributed by atoms with Crippen LogP contribution < -0.4 is 0 Å². The van der Waals surface area contributed by atoms with Crippen LogP contribution in [0.5, 0.6) is 0 Å². The van der Waals surface area contributed by atoms with Crippen LogP contribution in [0.15, 0.2) is 55.2 Å². The first-order valence-electron chi connectivity index (χ1n) is 8.27. The van der Waals surface area contributed by atoms with Gasteiger partial charge in [0.25, 0.3) is 0 Å². The molecule has 24 heavy (non-hydrogen) atoms. The van der Waals surface area contributed by atoms with Crippen LogP contribution in [0.2, 0.25) is 0 Å². The van der Waals surface area contributed by atoms with Crippen molar-refractivity contribution in [3.8, 4) is 0 Å². The van der Waals surface area contributed by atoms with Gasteiger partial charge in [0.1, 0.15) is 5.65 Å². The molecule has 4 aromatic rings. The summed E-state index contributed by atoms with van der Waals surface area (Å²) in [6.45, 7) is 8.66. The molecule has 0 aliphatic heterocycles. The zero-order valence-corrected chi connectivity index (χ0v) is 14.6. The van der Waals surface area contributed by atoms with Crippen LogP contribution in [-0.2, 0) is 0 Å². The average molecular weight is 321 g/mol. The summed E-state index contributed by atoms with van der Waals surface area (Å²) in [5.41, 5.74) is 4.44. The lowest BCUT2D eigenvalue weighted by Gasteiger charge is -2.04. The first kappa shape index (κ1) is 16.2. The lowest BCUT2D eigenvalue weighted by Crippen LogP contribution is -1.97. The third-order valence-corrected chi connectivity index (χ3v) is 3.97. The van der Waals surface area contributed by atoms with Gasteiger partial charge in [0.2, 0.25) is 0 Å². The highest BCUT2D eigenvalue weighted by molar-refractivity contribution is 5.40. The third kappa shape index (κ3) is 3.30. The molecule has 4 aromatic heterocycles. The number of fused-ring (bicyclic) bond motifs is 2. The van der Waals surface area contributed by atoms with Gasteiger partial charge in [-0.1, -0.05) is 33.8 Å². The van der Waals surface area contributed by atoms with E-state index in [9.17, 15) is 0 Å². The second-order valence-corrected chi connectivity index (χ2v) is 6.44. The molecule has 4 heterocycles. The Balaban J connectivity index is 0.000000141. The van der Waals surface area contributed by atoms with Crippen LogP contribution in [0.4, 0.5) is 0 Å². The molecule has 5 heteroatoms. The topological polar surface area (TPSA) is 47.5 Å². The molecule has 0 amide bonds. The van der Waals surface area contributed by atoms with Crippen molar-refractivity contribution in [2.75, 3.05) is 0 Å². The minimum Gasteiger partial charge on any atom is -0.307 e. The zero-order valence-electron chi connectivity index (χ0n) is 14.6. The van der Waals surface area contributed by atoms with E-state index in [1.807, 2.05) is 35.2 Å². The van der Waals surface area contributed by atoms with E-state index in [4.69, 9.17) is 0 Å². The summed E-state index contributed by atoms with van der Waals surface area (Å²) < 4.78 is 3.93. The first-order chi connectivity index (χ1) is 11.6. The van der Waals surface area contributed by atoms with Crippen molar-refractivity contribution in [2.45, 2.75) is 39.5 Å². The molecule has 0 unspecified atom stereocenters. The Hall–Kier alpha value is -2.69. The SMILES string of the molecule is CC(C)c1ccc2nccn2c1.CC(C)c1cnc2cccnn12. The van der Waals surface area contributed by atoms with Gasteiger partial charge in [0.05, 0.1) is 11.9 Å². The smallest absolute Gasteiger partial charge is 0.153 e. The second kappa shape index (κ2) is 6.83. The average Bonchev–Trinajstić information content (AvgIpc) is 3.21. The van der Waals surface area contributed by atoms with Crippen molar-refractivity contribution in [3.63, 3.8) is 0 Å². The molecule has 0 fully saturated rings. The largest absolute Gasteiger partial charge is 0.307 e. The van der Waals surface area contributed by atoms with Crippen LogP contribution in [-0.4, -0.2) is 24.0 Å². The van der Waals surface area contributed by atoms with E-state index in [1.54, 1.807) is 6.20 Å². The molecular formula is C19H23N5. The summed E-state index contributed by atoms with van der Waals surface area (Å²) >= 11 is 0. The standard InChI is InChI=1S/C10H12N2.C9H11N3/c1-8(2)9-3-4-10-11-5-6-12(10)7-9;1-7(2)8-6-10-9-4-3-5-11-12(8)9/h3-8H,1-2H3;3-7H,1-2H3. The molecule has 0 spiro atoms. The van der Waals surface area contributed by atoms with E-state index in [-0.39, 0.29) is 0 Å². The van der Waals surface area contributed by atoms with Gasteiger partial charge in [-0.05, 0) is 35.6 Å². The maximum atomic E-state index is 4.24. The van der Waals surface area contributed by atoms with Crippen LogP contribution in [0.1, 0.15) is 50.8 Å². The van der Waals surface area contributed by atoms with Crippen LogP contribution in [0.3, 0.4) is 0 Å². The van der Waals surface area contributed by atoms with E-state index in [2.05, 4.69) is 65.5 Å². The quantitative estimate of drug-likeness (QED) is 0.553. The van der Waals surface area contributed by atoms with Crippen molar-refractivity contribution in [1.82, 2.24) is 24.0 Å². The van der Waals surface area contributed by atoms with E-state index < -0.39 is 0 Å². The van der Waals surface area contributed by atoms with Crippen LogP contribution in [0.25, 0.3) is 11.3 Å². The molecule has 0 N–H and O–H groups in total. The summed E-state index contributed by atoms with van der Waals surface area (Å²) in [6.07, 6.45) is 9.58. The Morgan fingerprint density at radius 3 is 2.46 bits per heavy atom. The Labute approximate surface area is 142 Å². The van der Waals surface area contributed by atoms with Crippen molar-refractivity contribution in [2.24, 2.45) is 0 Å². The zero-order chi connectivity index (χ0) is 17.1. The number of rotatable bonds is 2. The number of aromatic nitrogens is 5. The summed E-state index contributed by atoms with van der Waals surface area (Å²) in [5.74, 6) is 1.05. The van der Waals surface area contributed by atoms with Gasteiger partial charge in [-0.25, -0.2) is 14.5 Å². The molecule has 0 bridgehead atoms. The lowest BCUT2D eigenvalue weighted by atomic mass is 10.1. The highest BCUT2D eigenvalue weighted by Crippen LogP contribution is 2.15. The monoisotopic (exact) mass is 321 g/mol. The number of hydrogen-bond acceptors (Lipinski definition) is 3. The van der Waals surface area contributed by atoms with E-state index >= 15 is 0 Å². The van der Waals surface area contributed by atoms with Gasteiger partial charge in [-0.15, -0.1) is 0 Å². The molecule has 0 atom stereocenters. The van der Waals surface area contributed by atoms with E-state index in [0.717, 1.165) is 17.0 Å². The molecule has 0 aliphatic carbocycles. The van der Waals surface area contributed by atoms with Crippen LogP contribution in [0, 0.1) is 0 Å². The molecule has 5 nitrogen and oxygen atoms in total. The number of imidazole rings is 2. The first-order valence-corrected chi connectivity index (χ1v) is 8.27. The van der Waals surface area contributed by atoms with Crippen molar-refractivity contribution < 1.29 is 0 Å². The van der Waals surface area contributed by atoms with Crippen molar-refractivity contribution in [1.29, 1.82) is 0 Å². The third-order valence-electron chi connectivity index (χ3n) is 3.97. The van der Waals surface area contributed by atoms with Crippen LogP contribution >= 0.6 is 0 Å². The molecule has 4 rings (SSSR count). The maximum Gasteiger partial charge on any atom is 0.153 e. The maximum absolute atomic E-state index is 4.24. The van der Waals surface area contributed by atoms with Gasteiger partial charge >= 0.3 is 0 Å². The minimum atomic E-state index is 0.468. The van der Waals surface area contributed by atoms with Gasteiger partial charge in [0, 0.05) is 24.8 Å². The van der Waals surface area contributed by atoms with Gasteiger partial charge in [-0.2, -0.15) is 5.10 Å². The number of nitrogens with zero attached hydrogens (tertiary/aromatic N) is 5. The molecule has 124 valence electrons. The second-order valence-electron chi connectivity index (χ2n) is 6.44. The fourth-order valence-electron chi connectivity index (χ4n) is 2.52. The Bertz CT molecular complexity index is 933. The van der Waals surface area contributed by atoms with Gasteiger partial charge < -0.3 is 4.40 Å². The Kier molecular flexibility index (Phi) is 4.60. The summed E-state index contributed by atoms with van der Waals surface area (Å²) in [4.78, 5) is 8.42. The normalized spacial score (nSPS) is 11.2. The number of pyridine rings is 1. The van der Waals surface area contributed by atoms with E-state index in [1.165, 1.54) is 5.56 Å².